The maximum absolute atomic E-state index is 13.4. The minimum Gasteiger partial charge on any atom is -0.428 e. The van der Waals surface area contributed by atoms with Gasteiger partial charge < -0.3 is 10.1 Å². The second-order valence-electron chi connectivity index (χ2n) is 5.48. The van der Waals surface area contributed by atoms with Crippen molar-refractivity contribution in [2.24, 2.45) is 0 Å². The Kier molecular flexibility index (Phi) is 5.72. The molecule has 1 heterocycles. The Morgan fingerprint density at radius 2 is 1.31 bits per heavy atom. The Morgan fingerprint density at radius 3 is 1.79 bits per heavy atom. The van der Waals surface area contributed by atoms with Crippen molar-refractivity contribution in [2.75, 3.05) is 5.32 Å². The summed E-state index contributed by atoms with van der Waals surface area (Å²) in [6, 6.07) is 5.58. The lowest BCUT2D eigenvalue weighted by atomic mass is 10.1. The number of alkyl halides is 9. The summed E-state index contributed by atoms with van der Waals surface area (Å²) in [7, 11) is 0. The van der Waals surface area contributed by atoms with Gasteiger partial charge in [0.2, 0.25) is 0 Å². The average molecular weight is 432 g/mol. The van der Waals surface area contributed by atoms with E-state index >= 15 is 0 Å². The fourth-order valence-electron chi connectivity index (χ4n) is 1.89. The molecule has 0 saturated heterocycles. The fraction of sp³-hybridized carbons (Fsp3) is 0.250. The molecule has 0 bridgehead atoms. The fourth-order valence-corrected chi connectivity index (χ4v) is 1.89. The Bertz CT molecular complexity index is 853. The van der Waals surface area contributed by atoms with E-state index in [1.165, 1.54) is 24.5 Å². The number of pyridine rings is 1. The molecule has 0 aliphatic carbocycles. The molecule has 2 rings (SSSR count). The molecular weight excluding hydrogens is 423 g/mol. The third kappa shape index (κ3) is 4.38. The lowest BCUT2D eigenvalue weighted by molar-refractivity contribution is -0.428. The predicted octanol–water partition coefficient (Wildman–Crippen LogP) is 5.14. The summed E-state index contributed by atoms with van der Waals surface area (Å²) in [6.07, 6.45) is -10.5. The Hall–Kier alpha value is -2.99. The zero-order valence-corrected chi connectivity index (χ0v) is 13.8. The van der Waals surface area contributed by atoms with Crippen molar-refractivity contribution in [1.82, 2.24) is 4.98 Å². The van der Waals surface area contributed by atoms with E-state index in [4.69, 9.17) is 0 Å². The highest BCUT2D eigenvalue weighted by Crippen LogP contribution is 2.53. The van der Waals surface area contributed by atoms with Gasteiger partial charge in [0.1, 0.15) is 5.75 Å². The Morgan fingerprint density at radius 1 is 0.793 bits per heavy atom. The summed E-state index contributed by atoms with van der Waals surface area (Å²) >= 11 is 0. The van der Waals surface area contributed by atoms with Gasteiger partial charge in [0.05, 0.1) is 0 Å². The van der Waals surface area contributed by atoms with Crippen LogP contribution >= 0.6 is 0 Å². The number of rotatable bonds is 6. The van der Waals surface area contributed by atoms with Gasteiger partial charge in [-0.15, -0.1) is 0 Å². The molecule has 1 aromatic heterocycles. The van der Waals surface area contributed by atoms with Gasteiger partial charge in [-0.05, 0) is 36.4 Å². The van der Waals surface area contributed by atoms with Gasteiger partial charge in [0, 0.05) is 23.6 Å². The number of amides is 1. The van der Waals surface area contributed by atoms with Crippen molar-refractivity contribution in [1.29, 1.82) is 0 Å². The maximum Gasteiger partial charge on any atom is 0.471 e. The molecule has 1 amide bonds. The van der Waals surface area contributed by atoms with E-state index in [0.29, 0.717) is 12.1 Å². The molecule has 1 aromatic carbocycles. The van der Waals surface area contributed by atoms with Gasteiger partial charge in [-0.2, -0.15) is 39.5 Å². The predicted molar refractivity (Wildman–Crippen MR) is 80.2 cm³/mol. The SMILES string of the molecule is O=C(Nc1ccc(OC(F)(F)C(F)(F)C(F)(F)C(F)(F)F)cc1)c1ccncc1. The minimum absolute atomic E-state index is 0.0325. The molecule has 1 N–H and O–H groups in total. The van der Waals surface area contributed by atoms with Crippen LogP contribution in [0.25, 0.3) is 0 Å². The van der Waals surface area contributed by atoms with Crippen LogP contribution in [0, 0.1) is 0 Å². The van der Waals surface area contributed by atoms with Crippen molar-refractivity contribution >= 4 is 11.6 Å². The quantitative estimate of drug-likeness (QED) is 0.644. The van der Waals surface area contributed by atoms with Crippen LogP contribution in [-0.4, -0.2) is 35.0 Å². The molecule has 0 atom stereocenters. The lowest BCUT2D eigenvalue weighted by Crippen LogP contribution is -2.62. The van der Waals surface area contributed by atoms with E-state index in [1.54, 1.807) is 0 Å². The number of carbonyl (C=O) groups excluding carboxylic acids is 1. The van der Waals surface area contributed by atoms with Gasteiger partial charge >= 0.3 is 24.1 Å². The highest BCUT2D eigenvalue weighted by Gasteiger charge is 2.83. The van der Waals surface area contributed by atoms with Crippen LogP contribution in [0.3, 0.4) is 0 Å². The first kappa shape index (κ1) is 22.3. The second kappa shape index (κ2) is 7.44. The van der Waals surface area contributed by atoms with Crippen LogP contribution in [-0.2, 0) is 0 Å². The summed E-state index contributed by atoms with van der Waals surface area (Å²) in [5.74, 6) is -15.7. The first-order valence-corrected chi connectivity index (χ1v) is 7.39. The standard InChI is InChI=1S/C16H9F9N2O2/c17-13(18,15(21,22)23)14(19,20)16(24,25)29-11-3-1-10(2-4-11)27-12(28)9-5-7-26-8-6-9/h1-8H,(H,27,28). The number of halogens is 9. The highest BCUT2D eigenvalue weighted by atomic mass is 19.4. The molecule has 0 unspecified atom stereocenters. The Labute approximate surface area is 156 Å². The van der Waals surface area contributed by atoms with Crippen LogP contribution < -0.4 is 10.1 Å². The number of nitrogens with zero attached hydrogens (tertiary/aromatic N) is 1. The topological polar surface area (TPSA) is 51.2 Å². The van der Waals surface area contributed by atoms with Crippen molar-refractivity contribution in [3.8, 4) is 5.75 Å². The third-order valence-electron chi connectivity index (χ3n) is 3.42. The van der Waals surface area contributed by atoms with Crippen LogP contribution in [0.5, 0.6) is 5.75 Å². The van der Waals surface area contributed by atoms with E-state index in [0.717, 1.165) is 12.1 Å². The van der Waals surface area contributed by atoms with Gasteiger partial charge in [0.15, 0.2) is 0 Å². The first-order valence-electron chi connectivity index (χ1n) is 7.39. The molecule has 0 saturated carbocycles. The molecule has 4 nitrogen and oxygen atoms in total. The normalized spacial score (nSPS) is 13.1. The number of ether oxygens (including phenoxy) is 1. The number of carbonyl (C=O) groups is 1. The summed E-state index contributed by atoms with van der Waals surface area (Å²) in [6.45, 7) is 0. The molecule has 0 fully saturated rings. The number of benzene rings is 1. The van der Waals surface area contributed by atoms with Crippen LogP contribution in [0.2, 0.25) is 0 Å². The van der Waals surface area contributed by atoms with Gasteiger partial charge in [0.25, 0.3) is 5.91 Å². The summed E-state index contributed by atoms with van der Waals surface area (Å²) in [4.78, 5) is 15.6. The number of hydrogen-bond acceptors (Lipinski definition) is 3. The third-order valence-corrected chi connectivity index (χ3v) is 3.42. The summed E-state index contributed by atoms with van der Waals surface area (Å²) in [5, 5.41) is 2.30. The van der Waals surface area contributed by atoms with Gasteiger partial charge in [-0.1, -0.05) is 0 Å². The van der Waals surface area contributed by atoms with E-state index in [1.807, 2.05) is 0 Å². The molecule has 0 spiro atoms. The molecule has 2 aromatic rings. The van der Waals surface area contributed by atoms with Gasteiger partial charge in [-0.25, -0.2) is 0 Å². The smallest absolute Gasteiger partial charge is 0.428 e. The Balaban J connectivity index is 2.15. The highest BCUT2D eigenvalue weighted by molar-refractivity contribution is 6.04. The molecule has 0 aliphatic heterocycles. The second-order valence-corrected chi connectivity index (χ2v) is 5.48. The molecule has 0 radical (unpaired) electrons. The van der Waals surface area contributed by atoms with E-state index in [9.17, 15) is 44.3 Å². The molecule has 29 heavy (non-hydrogen) atoms. The molecule has 0 aliphatic rings. The molecular formula is C16H9F9N2O2. The van der Waals surface area contributed by atoms with Gasteiger partial charge in [-0.3, -0.25) is 9.78 Å². The largest absolute Gasteiger partial charge is 0.471 e. The summed E-state index contributed by atoms with van der Waals surface area (Å²) in [5.41, 5.74) is 0.135. The van der Waals surface area contributed by atoms with Crippen molar-refractivity contribution < 1.29 is 49.0 Å². The zero-order chi connectivity index (χ0) is 22.1. The maximum atomic E-state index is 13.4. The van der Waals surface area contributed by atoms with Crippen LogP contribution in [0.15, 0.2) is 48.8 Å². The lowest BCUT2D eigenvalue weighted by Gasteiger charge is -2.33. The van der Waals surface area contributed by atoms with E-state index in [2.05, 4.69) is 15.0 Å². The van der Waals surface area contributed by atoms with Crippen LogP contribution in [0.4, 0.5) is 45.2 Å². The van der Waals surface area contributed by atoms with Crippen molar-refractivity contribution in [3.63, 3.8) is 0 Å². The van der Waals surface area contributed by atoms with E-state index in [-0.39, 0.29) is 11.3 Å². The number of nitrogens with one attached hydrogen (secondary N) is 1. The molecule has 13 heteroatoms. The first-order chi connectivity index (χ1) is 13.2. The van der Waals surface area contributed by atoms with E-state index < -0.39 is 35.8 Å². The summed E-state index contributed by atoms with van der Waals surface area (Å²) < 4.78 is 118. The monoisotopic (exact) mass is 432 g/mol. The number of hydrogen-bond donors (Lipinski definition) is 1. The minimum atomic E-state index is -7.05. The zero-order valence-electron chi connectivity index (χ0n) is 13.8. The van der Waals surface area contributed by atoms with Crippen molar-refractivity contribution in [2.45, 2.75) is 24.1 Å². The van der Waals surface area contributed by atoms with Crippen LogP contribution in [0.1, 0.15) is 10.4 Å². The average Bonchev–Trinajstić information content (AvgIpc) is 2.62. The number of aromatic nitrogens is 1. The number of anilines is 1. The van der Waals surface area contributed by atoms with Crippen molar-refractivity contribution in [3.05, 3.63) is 54.4 Å². The molecule has 158 valence electrons.